The Hall–Kier alpha value is -0.990. The van der Waals surface area contributed by atoms with Crippen LogP contribution in [0.1, 0.15) is 17.0 Å². The minimum absolute atomic E-state index is 0.582. The molecule has 0 N–H and O–H groups in total. The molecule has 1 aromatic heterocycles. The Morgan fingerprint density at radius 1 is 1.12 bits per heavy atom. The van der Waals surface area contributed by atoms with Gasteiger partial charge in [-0.2, -0.15) is 5.10 Å². The fourth-order valence-electron chi connectivity index (χ4n) is 1.65. The fourth-order valence-corrected chi connectivity index (χ4v) is 1.97. The van der Waals surface area contributed by atoms with Crippen molar-refractivity contribution in [3.8, 4) is 0 Å². The van der Waals surface area contributed by atoms with Gasteiger partial charge < -0.3 is 0 Å². The molecule has 1 heterocycles. The standard InChI is InChI=1S/C12H12Cl2N2/c1-8-5-9(2)16(15-8)7-10-3-4-11(13)12(14)6-10/h3-6H,7H2,1-2H3. The van der Waals surface area contributed by atoms with Crippen LogP contribution in [0.5, 0.6) is 0 Å². The number of rotatable bonds is 2. The highest BCUT2D eigenvalue weighted by molar-refractivity contribution is 6.42. The smallest absolute Gasteiger partial charge is 0.0663 e. The molecule has 0 unspecified atom stereocenters. The molecule has 16 heavy (non-hydrogen) atoms. The Morgan fingerprint density at radius 3 is 2.44 bits per heavy atom. The van der Waals surface area contributed by atoms with Crippen LogP contribution >= 0.6 is 23.2 Å². The number of hydrogen-bond acceptors (Lipinski definition) is 1. The van der Waals surface area contributed by atoms with Crippen LogP contribution in [0, 0.1) is 13.8 Å². The molecule has 2 aromatic rings. The first-order valence-corrected chi connectivity index (χ1v) is 5.77. The summed E-state index contributed by atoms with van der Waals surface area (Å²) in [6.07, 6.45) is 0. The lowest BCUT2D eigenvalue weighted by Gasteiger charge is -2.05. The Kier molecular flexibility index (Phi) is 3.22. The van der Waals surface area contributed by atoms with Gasteiger partial charge in [0.1, 0.15) is 0 Å². The van der Waals surface area contributed by atoms with E-state index in [0.717, 1.165) is 23.5 Å². The number of nitrogens with zero attached hydrogens (tertiary/aromatic N) is 2. The van der Waals surface area contributed by atoms with Gasteiger partial charge in [-0.1, -0.05) is 29.3 Å². The number of aromatic nitrogens is 2. The highest BCUT2D eigenvalue weighted by Crippen LogP contribution is 2.23. The third-order valence-corrected chi connectivity index (χ3v) is 3.16. The molecule has 2 rings (SSSR count). The van der Waals surface area contributed by atoms with E-state index >= 15 is 0 Å². The van der Waals surface area contributed by atoms with Gasteiger partial charge >= 0.3 is 0 Å². The minimum atomic E-state index is 0.582. The SMILES string of the molecule is Cc1cc(C)n(Cc2ccc(Cl)c(Cl)c2)n1. The summed E-state index contributed by atoms with van der Waals surface area (Å²) < 4.78 is 1.95. The zero-order valence-corrected chi connectivity index (χ0v) is 10.7. The highest BCUT2D eigenvalue weighted by Gasteiger charge is 2.04. The number of hydrogen-bond donors (Lipinski definition) is 0. The molecule has 0 radical (unpaired) electrons. The zero-order chi connectivity index (χ0) is 11.7. The third-order valence-electron chi connectivity index (χ3n) is 2.42. The summed E-state index contributed by atoms with van der Waals surface area (Å²) in [7, 11) is 0. The lowest BCUT2D eigenvalue weighted by molar-refractivity contribution is 0.659. The average Bonchev–Trinajstić information content (AvgIpc) is 2.51. The van der Waals surface area contributed by atoms with E-state index in [0.29, 0.717) is 10.0 Å². The van der Waals surface area contributed by atoms with Gasteiger partial charge in [-0.25, -0.2) is 0 Å². The Morgan fingerprint density at radius 2 is 1.88 bits per heavy atom. The van der Waals surface area contributed by atoms with Crippen LogP contribution in [-0.2, 0) is 6.54 Å². The summed E-state index contributed by atoms with van der Waals surface area (Å²) in [5.74, 6) is 0. The lowest BCUT2D eigenvalue weighted by Crippen LogP contribution is -2.03. The molecule has 0 atom stereocenters. The van der Waals surface area contributed by atoms with Crippen LogP contribution < -0.4 is 0 Å². The molecule has 0 aliphatic carbocycles. The highest BCUT2D eigenvalue weighted by atomic mass is 35.5. The quantitative estimate of drug-likeness (QED) is 0.796. The van der Waals surface area contributed by atoms with Gasteiger partial charge in [0, 0.05) is 5.69 Å². The summed E-state index contributed by atoms with van der Waals surface area (Å²) in [4.78, 5) is 0. The number of benzene rings is 1. The van der Waals surface area contributed by atoms with Crippen molar-refractivity contribution in [1.82, 2.24) is 9.78 Å². The lowest BCUT2D eigenvalue weighted by atomic mass is 10.2. The summed E-state index contributed by atoms with van der Waals surface area (Å²) in [5.41, 5.74) is 3.27. The molecule has 1 aromatic carbocycles. The molecular formula is C12H12Cl2N2. The maximum atomic E-state index is 5.96. The number of halogens is 2. The van der Waals surface area contributed by atoms with Crippen LogP contribution in [0.15, 0.2) is 24.3 Å². The van der Waals surface area contributed by atoms with Crippen molar-refractivity contribution in [2.45, 2.75) is 20.4 Å². The molecular weight excluding hydrogens is 243 g/mol. The molecule has 2 nitrogen and oxygen atoms in total. The minimum Gasteiger partial charge on any atom is -0.265 e. The molecule has 4 heteroatoms. The van der Waals surface area contributed by atoms with Crippen molar-refractivity contribution < 1.29 is 0 Å². The third kappa shape index (κ3) is 2.39. The summed E-state index contributed by atoms with van der Waals surface area (Å²) >= 11 is 11.8. The van der Waals surface area contributed by atoms with E-state index in [1.54, 1.807) is 0 Å². The second kappa shape index (κ2) is 4.48. The molecule has 0 fully saturated rings. The van der Waals surface area contributed by atoms with Gasteiger partial charge in [0.15, 0.2) is 0 Å². The molecule has 0 saturated heterocycles. The fraction of sp³-hybridized carbons (Fsp3) is 0.250. The van der Waals surface area contributed by atoms with E-state index in [4.69, 9.17) is 23.2 Å². The van der Waals surface area contributed by atoms with E-state index in [2.05, 4.69) is 11.2 Å². The molecule has 0 aliphatic heterocycles. The maximum absolute atomic E-state index is 5.96. The predicted octanol–water partition coefficient (Wildman–Crippen LogP) is 3.86. The summed E-state index contributed by atoms with van der Waals surface area (Å²) in [6, 6.07) is 7.70. The van der Waals surface area contributed by atoms with Gasteiger partial charge in [-0.05, 0) is 37.6 Å². The van der Waals surface area contributed by atoms with Gasteiger partial charge in [-0.15, -0.1) is 0 Å². The van der Waals surface area contributed by atoms with Crippen molar-refractivity contribution in [1.29, 1.82) is 0 Å². The van der Waals surface area contributed by atoms with Gasteiger partial charge in [-0.3, -0.25) is 4.68 Å². The summed E-state index contributed by atoms with van der Waals surface area (Å²) in [6.45, 7) is 4.74. The molecule has 0 bridgehead atoms. The molecule has 84 valence electrons. The first-order chi connectivity index (χ1) is 7.56. The molecule has 0 aliphatic rings. The second-order valence-electron chi connectivity index (χ2n) is 3.83. The van der Waals surface area contributed by atoms with E-state index in [1.165, 1.54) is 0 Å². The summed E-state index contributed by atoms with van der Waals surface area (Å²) in [5, 5.41) is 5.56. The van der Waals surface area contributed by atoms with Crippen molar-refractivity contribution in [3.63, 3.8) is 0 Å². The molecule has 0 amide bonds. The number of aryl methyl sites for hydroxylation is 2. The van der Waals surface area contributed by atoms with Crippen LogP contribution in [-0.4, -0.2) is 9.78 Å². The maximum Gasteiger partial charge on any atom is 0.0663 e. The van der Waals surface area contributed by atoms with Crippen LogP contribution in [0.2, 0.25) is 10.0 Å². The predicted molar refractivity (Wildman–Crippen MR) is 67.3 cm³/mol. The first kappa shape index (κ1) is 11.5. The van der Waals surface area contributed by atoms with Gasteiger partial charge in [0.25, 0.3) is 0 Å². The van der Waals surface area contributed by atoms with Crippen molar-refractivity contribution in [2.24, 2.45) is 0 Å². The molecule has 0 spiro atoms. The monoisotopic (exact) mass is 254 g/mol. The Labute approximate surface area is 105 Å². The average molecular weight is 255 g/mol. The van der Waals surface area contributed by atoms with Crippen molar-refractivity contribution >= 4 is 23.2 Å². The van der Waals surface area contributed by atoms with Crippen LogP contribution in [0.4, 0.5) is 0 Å². The normalized spacial score (nSPS) is 10.8. The topological polar surface area (TPSA) is 17.8 Å². The Bertz CT molecular complexity index is 518. The van der Waals surface area contributed by atoms with E-state index in [9.17, 15) is 0 Å². The van der Waals surface area contributed by atoms with Gasteiger partial charge in [0.2, 0.25) is 0 Å². The molecule has 0 saturated carbocycles. The van der Waals surface area contributed by atoms with E-state index in [1.807, 2.05) is 36.7 Å². The Balaban J connectivity index is 2.27. The largest absolute Gasteiger partial charge is 0.265 e. The van der Waals surface area contributed by atoms with Crippen LogP contribution in [0.25, 0.3) is 0 Å². The first-order valence-electron chi connectivity index (χ1n) is 5.01. The van der Waals surface area contributed by atoms with Crippen molar-refractivity contribution in [3.05, 3.63) is 51.3 Å². The van der Waals surface area contributed by atoms with Crippen molar-refractivity contribution in [2.75, 3.05) is 0 Å². The van der Waals surface area contributed by atoms with Gasteiger partial charge in [0.05, 0.1) is 22.3 Å². The van der Waals surface area contributed by atoms with E-state index in [-0.39, 0.29) is 0 Å². The van der Waals surface area contributed by atoms with E-state index < -0.39 is 0 Å². The second-order valence-corrected chi connectivity index (χ2v) is 4.65. The zero-order valence-electron chi connectivity index (χ0n) is 9.17. The van der Waals surface area contributed by atoms with Crippen LogP contribution in [0.3, 0.4) is 0 Å².